The summed E-state index contributed by atoms with van der Waals surface area (Å²) in [5.74, 6) is 0.577. The molecule has 0 radical (unpaired) electrons. The predicted octanol–water partition coefficient (Wildman–Crippen LogP) is 3.89. The van der Waals surface area contributed by atoms with Crippen LogP contribution in [0.3, 0.4) is 0 Å². The number of hydrogen-bond donors (Lipinski definition) is 1. The van der Waals surface area contributed by atoms with E-state index in [0.717, 1.165) is 19.3 Å². The Morgan fingerprint density at radius 1 is 1.19 bits per heavy atom. The van der Waals surface area contributed by atoms with E-state index in [2.05, 4.69) is 38.1 Å². The Bertz CT molecular complexity index is 300. The highest BCUT2D eigenvalue weighted by Gasteiger charge is 2.04. The second-order valence-electron chi connectivity index (χ2n) is 4.67. The maximum atomic E-state index is 9.68. The molecule has 1 rings (SSSR count). The molecule has 0 bridgehead atoms. The van der Waals surface area contributed by atoms with E-state index in [9.17, 15) is 5.11 Å². The number of rotatable bonds is 6. The fourth-order valence-electron chi connectivity index (χ4n) is 1.73. The molecule has 16 heavy (non-hydrogen) atoms. The Labute approximate surface area is 98.8 Å². The van der Waals surface area contributed by atoms with Crippen molar-refractivity contribution >= 4 is 6.08 Å². The molecule has 0 aromatic heterocycles. The molecule has 1 unspecified atom stereocenters. The maximum Gasteiger partial charge on any atom is 0.0545 e. The fourth-order valence-corrected chi connectivity index (χ4v) is 1.73. The zero-order valence-electron chi connectivity index (χ0n) is 10.3. The summed E-state index contributed by atoms with van der Waals surface area (Å²) >= 11 is 0. The Hall–Kier alpha value is -1.08. The van der Waals surface area contributed by atoms with E-state index < -0.39 is 0 Å². The predicted molar refractivity (Wildman–Crippen MR) is 70.2 cm³/mol. The van der Waals surface area contributed by atoms with Gasteiger partial charge >= 0.3 is 0 Å². The summed E-state index contributed by atoms with van der Waals surface area (Å²) in [6.45, 7) is 4.28. The highest BCUT2D eigenvalue weighted by molar-refractivity contribution is 5.48. The van der Waals surface area contributed by atoms with Crippen LogP contribution in [0.2, 0.25) is 0 Å². The van der Waals surface area contributed by atoms with E-state index in [1.54, 1.807) is 0 Å². The Morgan fingerprint density at radius 3 is 2.50 bits per heavy atom. The van der Waals surface area contributed by atoms with E-state index in [0.29, 0.717) is 5.92 Å². The largest absolute Gasteiger partial charge is 0.393 e. The zero-order chi connectivity index (χ0) is 11.8. The van der Waals surface area contributed by atoms with Gasteiger partial charge in [0.2, 0.25) is 0 Å². The summed E-state index contributed by atoms with van der Waals surface area (Å²) < 4.78 is 0. The van der Waals surface area contributed by atoms with Crippen molar-refractivity contribution in [3.05, 3.63) is 42.0 Å². The van der Waals surface area contributed by atoms with Crippen LogP contribution < -0.4 is 0 Å². The van der Waals surface area contributed by atoms with Gasteiger partial charge in [-0.3, -0.25) is 0 Å². The molecule has 1 heteroatoms. The number of aliphatic hydroxyl groups is 1. The highest BCUT2D eigenvalue weighted by Crippen LogP contribution is 2.10. The molecule has 0 saturated carbocycles. The highest BCUT2D eigenvalue weighted by atomic mass is 16.3. The summed E-state index contributed by atoms with van der Waals surface area (Å²) in [7, 11) is 0. The van der Waals surface area contributed by atoms with Crippen LogP contribution >= 0.6 is 0 Å². The third-order valence-corrected chi connectivity index (χ3v) is 2.52. The number of aliphatic hydroxyl groups excluding tert-OH is 1. The second-order valence-corrected chi connectivity index (χ2v) is 4.67. The Kier molecular flexibility index (Phi) is 5.87. The van der Waals surface area contributed by atoms with Crippen LogP contribution in [0.25, 0.3) is 6.08 Å². The Morgan fingerprint density at radius 2 is 1.88 bits per heavy atom. The van der Waals surface area contributed by atoms with Crippen molar-refractivity contribution < 1.29 is 5.11 Å². The van der Waals surface area contributed by atoms with Crippen molar-refractivity contribution in [3.63, 3.8) is 0 Å². The first kappa shape index (κ1) is 13.0. The maximum absolute atomic E-state index is 9.68. The SMILES string of the molecule is CC(C)CC(O)CCC=Cc1ccccc1. The molecule has 0 aliphatic carbocycles. The van der Waals surface area contributed by atoms with Crippen LogP contribution in [0.5, 0.6) is 0 Å². The van der Waals surface area contributed by atoms with Gasteiger partial charge in [-0.05, 0) is 30.7 Å². The minimum absolute atomic E-state index is 0.152. The van der Waals surface area contributed by atoms with Crippen molar-refractivity contribution in [2.45, 2.75) is 39.2 Å². The molecule has 1 aromatic rings. The van der Waals surface area contributed by atoms with E-state index in [1.807, 2.05) is 18.2 Å². The van der Waals surface area contributed by atoms with Gasteiger partial charge in [-0.2, -0.15) is 0 Å². The van der Waals surface area contributed by atoms with E-state index in [4.69, 9.17) is 0 Å². The first-order valence-corrected chi connectivity index (χ1v) is 6.08. The van der Waals surface area contributed by atoms with Gasteiger partial charge in [0.15, 0.2) is 0 Å². The molecule has 1 nitrogen and oxygen atoms in total. The van der Waals surface area contributed by atoms with Gasteiger partial charge in [0.1, 0.15) is 0 Å². The molecule has 0 fully saturated rings. The van der Waals surface area contributed by atoms with Crippen LogP contribution in [-0.2, 0) is 0 Å². The van der Waals surface area contributed by atoms with Crippen molar-refractivity contribution in [2.24, 2.45) is 5.92 Å². The van der Waals surface area contributed by atoms with Gasteiger partial charge in [-0.1, -0.05) is 56.3 Å². The first-order chi connectivity index (χ1) is 7.68. The van der Waals surface area contributed by atoms with Gasteiger partial charge in [0.25, 0.3) is 0 Å². The molecular weight excluding hydrogens is 196 g/mol. The lowest BCUT2D eigenvalue weighted by molar-refractivity contribution is 0.140. The van der Waals surface area contributed by atoms with Crippen molar-refractivity contribution in [1.82, 2.24) is 0 Å². The fraction of sp³-hybridized carbons (Fsp3) is 0.467. The van der Waals surface area contributed by atoms with Crippen LogP contribution in [0.1, 0.15) is 38.7 Å². The first-order valence-electron chi connectivity index (χ1n) is 6.08. The smallest absolute Gasteiger partial charge is 0.0545 e. The third kappa shape index (κ3) is 5.72. The molecule has 0 amide bonds. The summed E-state index contributed by atoms with van der Waals surface area (Å²) in [5, 5.41) is 9.68. The van der Waals surface area contributed by atoms with Gasteiger partial charge in [0, 0.05) is 0 Å². The minimum atomic E-state index is -0.152. The standard InChI is InChI=1S/C15H22O/c1-13(2)12-15(16)11-7-6-10-14-8-4-3-5-9-14/h3-6,8-10,13,15-16H,7,11-12H2,1-2H3. The summed E-state index contributed by atoms with van der Waals surface area (Å²) in [4.78, 5) is 0. The summed E-state index contributed by atoms with van der Waals surface area (Å²) in [6.07, 6.45) is 6.81. The molecular formula is C15H22O. The van der Waals surface area contributed by atoms with Crippen LogP contribution in [-0.4, -0.2) is 11.2 Å². The number of hydrogen-bond acceptors (Lipinski definition) is 1. The average molecular weight is 218 g/mol. The lowest BCUT2D eigenvalue weighted by atomic mass is 10.0. The molecule has 1 N–H and O–H groups in total. The minimum Gasteiger partial charge on any atom is -0.393 e. The van der Waals surface area contributed by atoms with Crippen LogP contribution in [0.4, 0.5) is 0 Å². The molecule has 0 aliphatic heterocycles. The molecule has 88 valence electrons. The third-order valence-electron chi connectivity index (χ3n) is 2.52. The van der Waals surface area contributed by atoms with Crippen LogP contribution in [0.15, 0.2) is 36.4 Å². The number of benzene rings is 1. The normalized spacial score (nSPS) is 13.5. The van der Waals surface area contributed by atoms with Crippen molar-refractivity contribution in [1.29, 1.82) is 0 Å². The molecule has 0 aliphatic rings. The number of allylic oxidation sites excluding steroid dienone is 1. The summed E-state index contributed by atoms with van der Waals surface area (Å²) in [6, 6.07) is 10.3. The van der Waals surface area contributed by atoms with E-state index in [-0.39, 0.29) is 6.10 Å². The zero-order valence-corrected chi connectivity index (χ0v) is 10.3. The topological polar surface area (TPSA) is 20.2 Å². The average Bonchev–Trinajstić information content (AvgIpc) is 2.25. The second kappa shape index (κ2) is 7.24. The van der Waals surface area contributed by atoms with Crippen molar-refractivity contribution in [3.8, 4) is 0 Å². The van der Waals surface area contributed by atoms with E-state index >= 15 is 0 Å². The van der Waals surface area contributed by atoms with Crippen LogP contribution in [0, 0.1) is 5.92 Å². The summed E-state index contributed by atoms with van der Waals surface area (Å²) in [5.41, 5.74) is 1.22. The lowest BCUT2D eigenvalue weighted by Gasteiger charge is -2.11. The molecule has 1 aromatic carbocycles. The van der Waals surface area contributed by atoms with E-state index in [1.165, 1.54) is 5.56 Å². The van der Waals surface area contributed by atoms with Gasteiger partial charge in [-0.25, -0.2) is 0 Å². The molecule has 0 saturated heterocycles. The molecule has 0 heterocycles. The van der Waals surface area contributed by atoms with Gasteiger partial charge in [-0.15, -0.1) is 0 Å². The van der Waals surface area contributed by atoms with Gasteiger partial charge < -0.3 is 5.11 Å². The van der Waals surface area contributed by atoms with Gasteiger partial charge in [0.05, 0.1) is 6.10 Å². The molecule has 0 spiro atoms. The monoisotopic (exact) mass is 218 g/mol. The molecule has 1 atom stereocenters. The Balaban J connectivity index is 2.23. The lowest BCUT2D eigenvalue weighted by Crippen LogP contribution is -2.09. The van der Waals surface area contributed by atoms with Crippen molar-refractivity contribution in [2.75, 3.05) is 0 Å². The quantitative estimate of drug-likeness (QED) is 0.768.